The van der Waals surface area contributed by atoms with Gasteiger partial charge >= 0.3 is 5.97 Å². The molecule has 3 aromatic rings. The Bertz CT molecular complexity index is 1210. The van der Waals surface area contributed by atoms with E-state index in [0.717, 1.165) is 5.56 Å². The number of benzene rings is 1. The standard InChI is InChI=1S/C26H32N4O5S/c1-25(2,3)19-8-7-17(13-20(19)35-5)23(31)30-21(22-27-10-12-36-22)18(15-34-4)14-26(30,24(32)33)16-29-11-6-9-28-29/h6-13,18,21H,14-16H2,1-5H3,(H,32,33)/t18-,21-,26+/m0/s1. The number of amides is 1. The van der Waals surface area contributed by atoms with Crippen LogP contribution in [0.4, 0.5) is 0 Å². The predicted octanol–water partition coefficient (Wildman–Crippen LogP) is 4.02. The van der Waals surface area contributed by atoms with E-state index >= 15 is 0 Å². The summed E-state index contributed by atoms with van der Waals surface area (Å²) in [7, 11) is 3.15. The Hall–Kier alpha value is -3.24. The normalized spacial score (nSPS) is 22.1. The van der Waals surface area contributed by atoms with Crippen molar-refractivity contribution >= 4 is 23.2 Å². The van der Waals surface area contributed by atoms with Crippen molar-refractivity contribution in [3.63, 3.8) is 0 Å². The molecule has 4 rings (SSSR count). The van der Waals surface area contributed by atoms with Gasteiger partial charge in [0.25, 0.3) is 5.91 Å². The van der Waals surface area contributed by atoms with Gasteiger partial charge in [-0.05, 0) is 35.6 Å². The minimum atomic E-state index is -1.56. The van der Waals surface area contributed by atoms with E-state index in [0.29, 0.717) is 16.3 Å². The molecule has 0 aliphatic carbocycles. The van der Waals surface area contributed by atoms with E-state index in [9.17, 15) is 14.7 Å². The minimum Gasteiger partial charge on any atom is -0.496 e. The van der Waals surface area contributed by atoms with Crippen LogP contribution in [0.1, 0.15) is 54.2 Å². The number of ether oxygens (including phenoxy) is 2. The van der Waals surface area contributed by atoms with Gasteiger partial charge in [0.1, 0.15) is 10.8 Å². The average molecular weight is 513 g/mol. The Morgan fingerprint density at radius 1 is 1.25 bits per heavy atom. The molecule has 0 bridgehead atoms. The van der Waals surface area contributed by atoms with Crippen LogP contribution in [0.2, 0.25) is 0 Å². The molecule has 1 aromatic carbocycles. The van der Waals surface area contributed by atoms with Crippen molar-refractivity contribution in [2.75, 3.05) is 20.8 Å². The lowest BCUT2D eigenvalue weighted by molar-refractivity contribution is -0.150. The second-order valence-corrected chi connectivity index (χ2v) is 11.0. The highest BCUT2D eigenvalue weighted by Gasteiger charge is 2.60. The molecule has 1 amide bonds. The van der Waals surface area contributed by atoms with Crippen molar-refractivity contribution < 1.29 is 24.2 Å². The first kappa shape index (κ1) is 25.8. The van der Waals surface area contributed by atoms with Crippen LogP contribution in [0.5, 0.6) is 5.75 Å². The van der Waals surface area contributed by atoms with E-state index < -0.39 is 23.5 Å². The summed E-state index contributed by atoms with van der Waals surface area (Å²) in [4.78, 5) is 33.3. The lowest BCUT2D eigenvalue weighted by atomic mass is 9.85. The van der Waals surface area contributed by atoms with E-state index in [1.807, 2.05) is 11.4 Å². The second-order valence-electron chi connectivity index (χ2n) is 10.1. The van der Waals surface area contributed by atoms with Gasteiger partial charge in [-0.2, -0.15) is 5.10 Å². The lowest BCUT2D eigenvalue weighted by Gasteiger charge is -2.37. The summed E-state index contributed by atoms with van der Waals surface area (Å²) in [5.41, 5.74) is -0.444. The molecule has 1 saturated heterocycles. The van der Waals surface area contributed by atoms with Crippen LogP contribution in [-0.2, 0) is 21.5 Å². The SMILES string of the molecule is COC[C@@H]1C[C@@](Cn2cccn2)(C(=O)O)N(C(=O)c2ccc(C(C)(C)C)c(OC)c2)[C@@H]1c1nccs1. The number of aliphatic carboxylic acids is 1. The van der Waals surface area contributed by atoms with Crippen LogP contribution >= 0.6 is 11.3 Å². The maximum absolute atomic E-state index is 14.3. The van der Waals surface area contributed by atoms with Gasteiger partial charge in [-0.15, -0.1) is 11.3 Å². The van der Waals surface area contributed by atoms with Gasteiger partial charge in [0.15, 0.2) is 5.54 Å². The van der Waals surface area contributed by atoms with E-state index in [-0.39, 0.29) is 30.9 Å². The van der Waals surface area contributed by atoms with Gasteiger partial charge in [-0.1, -0.05) is 26.8 Å². The summed E-state index contributed by atoms with van der Waals surface area (Å²) in [5.74, 6) is -1.18. The molecule has 3 heterocycles. The third-order valence-corrected chi connectivity index (χ3v) is 7.57. The highest BCUT2D eigenvalue weighted by atomic mass is 32.1. The van der Waals surface area contributed by atoms with Crippen molar-refractivity contribution in [2.45, 2.75) is 50.7 Å². The molecule has 1 N–H and O–H groups in total. The van der Waals surface area contributed by atoms with E-state index in [2.05, 4.69) is 30.9 Å². The topological polar surface area (TPSA) is 107 Å². The molecule has 1 fully saturated rings. The highest BCUT2D eigenvalue weighted by molar-refractivity contribution is 7.09. The molecule has 1 aliphatic heterocycles. The predicted molar refractivity (Wildman–Crippen MR) is 135 cm³/mol. The third kappa shape index (κ3) is 4.62. The summed E-state index contributed by atoms with van der Waals surface area (Å²) in [6, 6.07) is 6.49. The average Bonchev–Trinajstić information content (AvgIpc) is 3.59. The molecule has 3 atom stereocenters. The van der Waals surface area contributed by atoms with Crippen LogP contribution in [0.25, 0.3) is 0 Å². The number of hydrogen-bond acceptors (Lipinski definition) is 7. The van der Waals surface area contributed by atoms with Crippen molar-refractivity contribution in [2.24, 2.45) is 5.92 Å². The lowest BCUT2D eigenvalue weighted by Crippen LogP contribution is -2.56. The zero-order valence-corrected chi connectivity index (χ0v) is 22.0. The van der Waals surface area contributed by atoms with E-state index in [1.165, 1.54) is 16.2 Å². The van der Waals surface area contributed by atoms with E-state index in [1.54, 1.807) is 55.7 Å². The molecule has 0 spiro atoms. The van der Waals surface area contributed by atoms with Gasteiger partial charge in [-0.25, -0.2) is 9.78 Å². The first-order valence-electron chi connectivity index (χ1n) is 11.7. The number of aromatic nitrogens is 3. The number of likely N-dealkylation sites (tertiary alicyclic amines) is 1. The minimum absolute atomic E-state index is 0.000370. The second kappa shape index (κ2) is 10.0. The zero-order chi connectivity index (χ0) is 26.1. The smallest absolute Gasteiger partial charge is 0.331 e. The molecule has 0 radical (unpaired) electrons. The van der Waals surface area contributed by atoms with Crippen molar-refractivity contribution in [1.82, 2.24) is 19.7 Å². The quantitative estimate of drug-likeness (QED) is 0.486. The highest BCUT2D eigenvalue weighted by Crippen LogP contribution is 2.49. The molecule has 36 heavy (non-hydrogen) atoms. The number of hydrogen-bond donors (Lipinski definition) is 1. The maximum Gasteiger partial charge on any atom is 0.331 e. The van der Waals surface area contributed by atoms with Crippen LogP contribution in [0.3, 0.4) is 0 Å². The van der Waals surface area contributed by atoms with E-state index in [4.69, 9.17) is 9.47 Å². The number of carbonyl (C=O) groups excluding carboxylic acids is 1. The van der Waals surface area contributed by atoms with Crippen LogP contribution < -0.4 is 4.74 Å². The number of thiazole rings is 1. The molecule has 0 saturated carbocycles. The number of nitrogens with zero attached hydrogens (tertiary/aromatic N) is 4. The number of carbonyl (C=O) groups is 2. The summed E-state index contributed by atoms with van der Waals surface area (Å²) in [6.45, 7) is 6.50. The van der Waals surface area contributed by atoms with Crippen molar-refractivity contribution in [3.8, 4) is 5.75 Å². The Balaban J connectivity index is 1.88. The van der Waals surface area contributed by atoms with Crippen LogP contribution in [-0.4, -0.2) is 63.0 Å². The summed E-state index contributed by atoms with van der Waals surface area (Å²) >= 11 is 1.40. The fourth-order valence-electron chi connectivity index (χ4n) is 5.14. The molecule has 9 nitrogen and oxygen atoms in total. The molecule has 0 unspecified atom stereocenters. The van der Waals surface area contributed by atoms with Crippen molar-refractivity contribution in [1.29, 1.82) is 0 Å². The van der Waals surface area contributed by atoms with Gasteiger partial charge in [0.2, 0.25) is 0 Å². The Morgan fingerprint density at radius 3 is 2.58 bits per heavy atom. The van der Waals surface area contributed by atoms with Crippen molar-refractivity contribution in [3.05, 3.63) is 64.4 Å². The monoisotopic (exact) mass is 512 g/mol. The maximum atomic E-state index is 14.3. The number of carboxylic acids is 1. The Labute approximate surface area is 214 Å². The first-order chi connectivity index (χ1) is 17.1. The van der Waals surface area contributed by atoms with Crippen LogP contribution in [0, 0.1) is 5.92 Å². The molecular formula is C26H32N4O5S. The summed E-state index contributed by atoms with van der Waals surface area (Å²) < 4.78 is 12.7. The summed E-state index contributed by atoms with van der Waals surface area (Å²) in [6.07, 6.45) is 5.17. The van der Waals surface area contributed by atoms with Gasteiger partial charge < -0.3 is 19.5 Å². The molecule has 192 valence electrons. The number of rotatable bonds is 8. The molecule has 1 aliphatic rings. The number of carboxylic acid groups (broad SMARTS) is 1. The molecule has 2 aromatic heterocycles. The zero-order valence-electron chi connectivity index (χ0n) is 21.2. The van der Waals surface area contributed by atoms with Gasteiger partial charge in [-0.3, -0.25) is 9.48 Å². The Morgan fingerprint density at radius 2 is 2.03 bits per heavy atom. The first-order valence-corrected chi connectivity index (χ1v) is 12.6. The third-order valence-electron chi connectivity index (χ3n) is 6.73. The molecule has 10 heteroatoms. The van der Waals surface area contributed by atoms with Gasteiger partial charge in [0.05, 0.1) is 26.3 Å². The fraction of sp³-hybridized carbons (Fsp3) is 0.462. The fourth-order valence-corrected chi connectivity index (χ4v) is 5.96. The van der Waals surface area contributed by atoms with Crippen LogP contribution in [0.15, 0.2) is 48.2 Å². The number of methoxy groups -OCH3 is 2. The largest absolute Gasteiger partial charge is 0.496 e. The van der Waals surface area contributed by atoms with Gasteiger partial charge in [0, 0.05) is 42.6 Å². The Kier molecular flexibility index (Phi) is 7.19. The summed E-state index contributed by atoms with van der Waals surface area (Å²) in [5, 5.41) is 17.4. The molecular weight excluding hydrogens is 480 g/mol.